The van der Waals surface area contributed by atoms with Crippen molar-refractivity contribution >= 4 is 17.6 Å². The van der Waals surface area contributed by atoms with Crippen LogP contribution in [-0.4, -0.2) is 45.2 Å². The van der Waals surface area contributed by atoms with Gasteiger partial charge in [-0.1, -0.05) is 35.9 Å². The molecule has 2 rings (SSSR count). The van der Waals surface area contributed by atoms with E-state index in [2.05, 4.69) is 26.6 Å². The third-order valence-corrected chi connectivity index (χ3v) is 3.97. The van der Waals surface area contributed by atoms with E-state index >= 15 is 0 Å². The molecule has 0 unspecified atom stereocenters. The minimum absolute atomic E-state index is 0.661. The highest BCUT2D eigenvalue weighted by Crippen LogP contribution is 2.13. The van der Waals surface area contributed by atoms with Crippen LogP contribution in [0.4, 0.5) is 0 Å². The Bertz CT molecular complexity index is 718. The quantitative estimate of drug-likeness (QED) is 0.550. The van der Waals surface area contributed by atoms with Crippen molar-refractivity contribution in [2.45, 2.75) is 13.1 Å². The SMILES string of the molecule is CN=C(NCc1cccc(Cl)c1)NCc1cccc(OCCN(C)C)c1. The minimum Gasteiger partial charge on any atom is -0.492 e. The van der Waals surface area contributed by atoms with E-state index in [4.69, 9.17) is 16.3 Å². The Morgan fingerprint density at radius 3 is 2.31 bits per heavy atom. The van der Waals surface area contributed by atoms with E-state index in [1.807, 2.05) is 56.6 Å². The number of halogens is 1. The Hall–Kier alpha value is -2.24. The Balaban J connectivity index is 1.82. The maximum atomic E-state index is 6.02. The summed E-state index contributed by atoms with van der Waals surface area (Å²) >= 11 is 6.02. The fraction of sp³-hybridized carbons (Fsp3) is 0.350. The van der Waals surface area contributed by atoms with Gasteiger partial charge in [0.15, 0.2) is 5.96 Å². The second-order valence-corrected chi connectivity index (χ2v) is 6.64. The van der Waals surface area contributed by atoms with E-state index in [1.54, 1.807) is 7.05 Å². The number of nitrogens with zero attached hydrogens (tertiary/aromatic N) is 2. The number of likely N-dealkylation sites (N-methyl/N-ethyl adjacent to an activating group) is 1. The van der Waals surface area contributed by atoms with E-state index in [-0.39, 0.29) is 0 Å². The molecule has 0 spiro atoms. The minimum atomic E-state index is 0.661. The molecular formula is C20H27ClN4O. The second-order valence-electron chi connectivity index (χ2n) is 6.21. The lowest BCUT2D eigenvalue weighted by Gasteiger charge is -2.14. The Morgan fingerprint density at radius 1 is 1.04 bits per heavy atom. The van der Waals surface area contributed by atoms with Gasteiger partial charge < -0.3 is 20.3 Å². The van der Waals surface area contributed by atoms with Crippen molar-refractivity contribution in [3.05, 3.63) is 64.7 Å². The average molecular weight is 375 g/mol. The molecule has 0 heterocycles. The van der Waals surface area contributed by atoms with Gasteiger partial charge in [-0.2, -0.15) is 0 Å². The highest BCUT2D eigenvalue weighted by molar-refractivity contribution is 6.30. The number of hydrogen-bond acceptors (Lipinski definition) is 3. The molecule has 0 fully saturated rings. The van der Waals surface area contributed by atoms with Crippen molar-refractivity contribution in [2.75, 3.05) is 34.3 Å². The van der Waals surface area contributed by atoms with Crippen molar-refractivity contribution in [3.63, 3.8) is 0 Å². The highest BCUT2D eigenvalue weighted by Gasteiger charge is 2.02. The molecule has 6 heteroatoms. The zero-order chi connectivity index (χ0) is 18.8. The molecule has 0 amide bonds. The summed E-state index contributed by atoms with van der Waals surface area (Å²) in [7, 11) is 5.82. The Kier molecular flexibility index (Phi) is 8.25. The molecule has 0 bridgehead atoms. The molecule has 0 radical (unpaired) electrons. The standard InChI is InChI=1S/C20H27ClN4O/c1-22-20(23-14-16-6-4-8-18(21)12-16)24-15-17-7-5-9-19(13-17)26-11-10-25(2)3/h4-9,12-13H,10-11,14-15H2,1-3H3,(H2,22,23,24). The monoisotopic (exact) mass is 374 g/mol. The molecule has 0 aliphatic heterocycles. The maximum absolute atomic E-state index is 6.02. The van der Waals surface area contributed by atoms with Gasteiger partial charge in [0.05, 0.1) is 0 Å². The molecule has 0 atom stereocenters. The molecule has 0 saturated carbocycles. The molecule has 5 nitrogen and oxygen atoms in total. The van der Waals surface area contributed by atoms with Crippen LogP contribution in [0, 0.1) is 0 Å². The van der Waals surface area contributed by atoms with Crippen LogP contribution in [0.3, 0.4) is 0 Å². The van der Waals surface area contributed by atoms with E-state index in [9.17, 15) is 0 Å². The number of rotatable bonds is 8. The summed E-state index contributed by atoms with van der Waals surface area (Å²) in [6.07, 6.45) is 0. The van der Waals surface area contributed by atoms with Gasteiger partial charge in [-0.05, 0) is 49.5 Å². The van der Waals surface area contributed by atoms with Crippen molar-refractivity contribution in [2.24, 2.45) is 4.99 Å². The van der Waals surface area contributed by atoms with Crippen molar-refractivity contribution in [1.82, 2.24) is 15.5 Å². The smallest absolute Gasteiger partial charge is 0.191 e. The molecule has 2 N–H and O–H groups in total. The maximum Gasteiger partial charge on any atom is 0.191 e. The zero-order valence-corrected chi connectivity index (χ0v) is 16.4. The number of hydrogen-bond donors (Lipinski definition) is 2. The molecule has 0 aromatic heterocycles. The molecule has 140 valence electrons. The summed E-state index contributed by atoms with van der Waals surface area (Å²) in [5, 5.41) is 7.34. The van der Waals surface area contributed by atoms with Crippen LogP contribution in [0.2, 0.25) is 5.02 Å². The van der Waals surface area contributed by atoms with Crippen LogP contribution in [0.5, 0.6) is 5.75 Å². The van der Waals surface area contributed by atoms with Gasteiger partial charge in [0.1, 0.15) is 12.4 Å². The first-order chi connectivity index (χ1) is 12.6. The predicted octanol–water partition coefficient (Wildman–Crippen LogP) is 3.15. The van der Waals surface area contributed by atoms with Crippen LogP contribution in [0.25, 0.3) is 0 Å². The zero-order valence-electron chi connectivity index (χ0n) is 15.6. The van der Waals surface area contributed by atoms with Crippen molar-refractivity contribution < 1.29 is 4.74 Å². The van der Waals surface area contributed by atoms with Gasteiger partial charge in [0, 0.05) is 31.7 Å². The third kappa shape index (κ3) is 7.33. The Morgan fingerprint density at radius 2 is 1.69 bits per heavy atom. The summed E-state index contributed by atoms with van der Waals surface area (Å²) in [6, 6.07) is 15.9. The van der Waals surface area contributed by atoms with Gasteiger partial charge in [-0.3, -0.25) is 4.99 Å². The summed E-state index contributed by atoms with van der Waals surface area (Å²) in [5.74, 6) is 1.62. The van der Waals surface area contributed by atoms with Gasteiger partial charge in [-0.25, -0.2) is 0 Å². The summed E-state index contributed by atoms with van der Waals surface area (Å²) in [6.45, 7) is 2.89. The van der Waals surface area contributed by atoms with E-state index in [1.165, 1.54) is 0 Å². The molecule has 0 saturated heterocycles. The van der Waals surface area contributed by atoms with Gasteiger partial charge in [0.2, 0.25) is 0 Å². The van der Waals surface area contributed by atoms with Gasteiger partial charge >= 0.3 is 0 Å². The first-order valence-corrected chi connectivity index (χ1v) is 9.00. The first-order valence-electron chi connectivity index (χ1n) is 8.62. The largest absolute Gasteiger partial charge is 0.492 e. The van der Waals surface area contributed by atoms with Crippen molar-refractivity contribution in [1.29, 1.82) is 0 Å². The first kappa shape index (κ1) is 20.1. The predicted molar refractivity (Wildman–Crippen MR) is 109 cm³/mol. The van der Waals surface area contributed by atoms with Gasteiger partial charge in [0.25, 0.3) is 0 Å². The average Bonchev–Trinajstić information content (AvgIpc) is 2.62. The lowest BCUT2D eigenvalue weighted by atomic mass is 10.2. The number of aliphatic imine (C=N–C) groups is 1. The van der Waals surface area contributed by atoms with Crippen LogP contribution in [0.15, 0.2) is 53.5 Å². The highest BCUT2D eigenvalue weighted by atomic mass is 35.5. The number of benzene rings is 2. The molecule has 2 aromatic rings. The molecule has 0 aliphatic carbocycles. The fourth-order valence-electron chi connectivity index (χ4n) is 2.33. The van der Waals surface area contributed by atoms with E-state index in [0.29, 0.717) is 19.7 Å². The van der Waals surface area contributed by atoms with Crippen molar-refractivity contribution in [3.8, 4) is 5.75 Å². The normalized spacial score (nSPS) is 11.5. The van der Waals surface area contributed by atoms with Crippen LogP contribution < -0.4 is 15.4 Å². The molecule has 0 aliphatic rings. The van der Waals surface area contributed by atoms with E-state index in [0.717, 1.165) is 34.4 Å². The van der Waals surface area contributed by atoms with Gasteiger partial charge in [-0.15, -0.1) is 0 Å². The lowest BCUT2D eigenvalue weighted by Crippen LogP contribution is -2.36. The summed E-state index contributed by atoms with van der Waals surface area (Å²) in [4.78, 5) is 6.35. The second kappa shape index (κ2) is 10.7. The molecular weight excluding hydrogens is 348 g/mol. The van der Waals surface area contributed by atoms with Crippen LogP contribution >= 0.6 is 11.6 Å². The number of nitrogens with one attached hydrogen (secondary N) is 2. The number of guanidine groups is 1. The van der Waals surface area contributed by atoms with Crippen LogP contribution in [0.1, 0.15) is 11.1 Å². The topological polar surface area (TPSA) is 48.9 Å². The van der Waals surface area contributed by atoms with E-state index < -0.39 is 0 Å². The lowest BCUT2D eigenvalue weighted by molar-refractivity contribution is 0.261. The van der Waals surface area contributed by atoms with Crippen LogP contribution in [-0.2, 0) is 13.1 Å². The molecule has 26 heavy (non-hydrogen) atoms. The fourth-order valence-corrected chi connectivity index (χ4v) is 2.54. The summed E-state index contributed by atoms with van der Waals surface area (Å²) in [5.41, 5.74) is 2.25. The third-order valence-electron chi connectivity index (χ3n) is 3.74. The molecule has 2 aromatic carbocycles. The number of ether oxygens (including phenoxy) is 1. The summed E-state index contributed by atoms with van der Waals surface area (Å²) < 4.78 is 5.78. The Labute approximate surface area is 161 Å².